The summed E-state index contributed by atoms with van der Waals surface area (Å²) in [5.41, 5.74) is 1.09. The molecule has 0 saturated carbocycles. The molecule has 0 aromatic carbocycles. The molecule has 0 fully saturated rings. The standard InChI is InChI=1S/C13H21NO2S/c1-9(13(2,3)4)14(5)8-10-6-7-17-11(10)12(15)16/h6-7,9H,8H2,1-5H3,(H,15,16). The Labute approximate surface area is 107 Å². The number of carboxylic acids is 1. The lowest BCUT2D eigenvalue weighted by molar-refractivity contribution is 0.0698. The highest BCUT2D eigenvalue weighted by atomic mass is 32.1. The van der Waals surface area contributed by atoms with Crippen LogP contribution in [-0.2, 0) is 6.54 Å². The first kappa shape index (κ1) is 14.2. The normalized spacial score (nSPS) is 14.0. The third kappa shape index (κ3) is 3.54. The molecule has 17 heavy (non-hydrogen) atoms. The summed E-state index contributed by atoms with van der Waals surface area (Å²) in [6.45, 7) is 9.44. The topological polar surface area (TPSA) is 40.5 Å². The number of hydrogen-bond acceptors (Lipinski definition) is 3. The fourth-order valence-corrected chi connectivity index (χ4v) is 2.47. The Bertz CT molecular complexity index is 392. The second-order valence-electron chi connectivity index (χ2n) is 5.54. The Kier molecular flexibility index (Phi) is 4.33. The smallest absolute Gasteiger partial charge is 0.346 e. The maximum absolute atomic E-state index is 11.0. The lowest BCUT2D eigenvalue weighted by Gasteiger charge is -2.35. The summed E-state index contributed by atoms with van der Waals surface area (Å²) >= 11 is 1.29. The highest BCUT2D eigenvalue weighted by molar-refractivity contribution is 7.12. The molecule has 1 heterocycles. The van der Waals surface area contributed by atoms with Crippen LogP contribution in [0.3, 0.4) is 0 Å². The lowest BCUT2D eigenvalue weighted by atomic mass is 9.87. The van der Waals surface area contributed by atoms with Gasteiger partial charge in [0.25, 0.3) is 0 Å². The van der Waals surface area contributed by atoms with Gasteiger partial charge in [0.1, 0.15) is 4.88 Å². The number of nitrogens with zero attached hydrogens (tertiary/aromatic N) is 1. The zero-order valence-corrected chi connectivity index (χ0v) is 12.0. The van der Waals surface area contributed by atoms with Crippen molar-refractivity contribution in [3.8, 4) is 0 Å². The summed E-state index contributed by atoms with van der Waals surface area (Å²) in [7, 11) is 2.04. The van der Waals surface area contributed by atoms with E-state index < -0.39 is 5.97 Å². The van der Waals surface area contributed by atoms with E-state index in [1.165, 1.54) is 11.3 Å². The number of thiophene rings is 1. The molecule has 0 aliphatic rings. The van der Waals surface area contributed by atoms with Gasteiger partial charge in [0.2, 0.25) is 0 Å². The van der Waals surface area contributed by atoms with Gasteiger partial charge in [-0.15, -0.1) is 11.3 Å². The average molecular weight is 255 g/mol. The summed E-state index contributed by atoms with van der Waals surface area (Å²) in [6.07, 6.45) is 0. The molecule has 3 nitrogen and oxygen atoms in total. The van der Waals surface area contributed by atoms with Gasteiger partial charge in [0, 0.05) is 12.6 Å². The molecular weight excluding hydrogens is 234 g/mol. The van der Waals surface area contributed by atoms with E-state index in [0.717, 1.165) is 5.56 Å². The van der Waals surface area contributed by atoms with Crippen molar-refractivity contribution >= 4 is 17.3 Å². The Hall–Kier alpha value is -0.870. The van der Waals surface area contributed by atoms with Gasteiger partial charge in [-0.25, -0.2) is 4.79 Å². The van der Waals surface area contributed by atoms with E-state index >= 15 is 0 Å². The van der Waals surface area contributed by atoms with E-state index in [1.807, 2.05) is 18.5 Å². The van der Waals surface area contributed by atoms with E-state index in [1.54, 1.807) is 0 Å². The Balaban J connectivity index is 2.78. The van der Waals surface area contributed by atoms with Gasteiger partial charge in [-0.05, 0) is 36.4 Å². The van der Waals surface area contributed by atoms with Gasteiger partial charge >= 0.3 is 5.97 Å². The van der Waals surface area contributed by atoms with E-state index in [0.29, 0.717) is 17.5 Å². The number of aromatic carboxylic acids is 1. The summed E-state index contributed by atoms with van der Waals surface area (Å²) in [4.78, 5) is 13.7. The van der Waals surface area contributed by atoms with Crippen molar-refractivity contribution in [2.75, 3.05) is 7.05 Å². The molecule has 0 spiro atoms. The second-order valence-corrected chi connectivity index (χ2v) is 6.45. The molecule has 0 saturated heterocycles. The molecular formula is C13H21NO2S. The molecule has 1 N–H and O–H groups in total. The maximum Gasteiger partial charge on any atom is 0.346 e. The highest BCUT2D eigenvalue weighted by Crippen LogP contribution is 2.26. The van der Waals surface area contributed by atoms with Crippen LogP contribution >= 0.6 is 11.3 Å². The number of rotatable bonds is 4. The molecule has 0 radical (unpaired) electrons. The van der Waals surface area contributed by atoms with Crippen molar-refractivity contribution in [2.24, 2.45) is 5.41 Å². The van der Waals surface area contributed by atoms with Crippen LogP contribution in [0.2, 0.25) is 0 Å². The molecule has 1 aromatic heterocycles. The second kappa shape index (κ2) is 5.19. The molecule has 1 rings (SSSR count). The molecule has 1 aromatic rings. The van der Waals surface area contributed by atoms with Crippen LogP contribution < -0.4 is 0 Å². The molecule has 96 valence electrons. The summed E-state index contributed by atoms with van der Waals surface area (Å²) in [5, 5.41) is 10.9. The van der Waals surface area contributed by atoms with Crippen LogP contribution in [0.4, 0.5) is 0 Å². The SMILES string of the molecule is CC(N(C)Cc1ccsc1C(=O)O)C(C)(C)C. The molecule has 0 aliphatic heterocycles. The Morgan fingerprint density at radius 1 is 1.53 bits per heavy atom. The minimum Gasteiger partial charge on any atom is -0.477 e. The summed E-state index contributed by atoms with van der Waals surface area (Å²) in [5.74, 6) is -0.827. The van der Waals surface area contributed by atoms with Crippen molar-refractivity contribution in [1.82, 2.24) is 4.90 Å². The average Bonchev–Trinajstić information content (AvgIpc) is 2.63. The first-order valence-corrected chi connectivity index (χ1v) is 6.61. The van der Waals surface area contributed by atoms with Gasteiger partial charge in [0.15, 0.2) is 0 Å². The van der Waals surface area contributed by atoms with E-state index in [9.17, 15) is 4.79 Å². The lowest BCUT2D eigenvalue weighted by Crippen LogP contribution is -2.38. The summed E-state index contributed by atoms with van der Waals surface area (Å²) in [6, 6.07) is 2.30. The zero-order valence-electron chi connectivity index (χ0n) is 11.2. The quantitative estimate of drug-likeness (QED) is 0.897. The van der Waals surface area contributed by atoms with Gasteiger partial charge in [-0.2, -0.15) is 0 Å². The zero-order chi connectivity index (χ0) is 13.2. The van der Waals surface area contributed by atoms with Crippen LogP contribution in [-0.4, -0.2) is 29.1 Å². The Morgan fingerprint density at radius 2 is 2.12 bits per heavy atom. The first-order valence-electron chi connectivity index (χ1n) is 5.73. The van der Waals surface area contributed by atoms with Crippen LogP contribution in [0.1, 0.15) is 42.9 Å². The minimum absolute atomic E-state index is 0.189. The monoisotopic (exact) mass is 255 g/mol. The fourth-order valence-electron chi connectivity index (χ4n) is 1.71. The van der Waals surface area contributed by atoms with Crippen molar-refractivity contribution in [3.63, 3.8) is 0 Å². The number of carboxylic acid groups (broad SMARTS) is 1. The van der Waals surface area contributed by atoms with Gasteiger partial charge < -0.3 is 5.11 Å². The maximum atomic E-state index is 11.0. The van der Waals surface area contributed by atoms with Crippen LogP contribution in [0, 0.1) is 5.41 Å². The van der Waals surface area contributed by atoms with Crippen molar-refractivity contribution < 1.29 is 9.90 Å². The van der Waals surface area contributed by atoms with Crippen molar-refractivity contribution in [3.05, 3.63) is 21.9 Å². The first-order chi connectivity index (χ1) is 7.73. The van der Waals surface area contributed by atoms with Crippen LogP contribution in [0.15, 0.2) is 11.4 Å². The largest absolute Gasteiger partial charge is 0.477 e. The third-order valence-corrected chi connectivity index (χ3v) is 4.22. The third-order valence-electron chi connectivity index (χ3n) is 3.28. The predicted octanol–water partition coefficient (Wildman–Crippen LogP) is 3.31. The van der Waals surface area contributed by atoms with Gasteiger partial charge in [-0.3, -0.25) is 4.90 Å². The van der Waals surface area contributed by atoms with Crippen LogP contribution in [0.5, 0.6) is 0 Å². The van der Waals surface area contributed by atoms with E-state index in [-0.39, 0.29) is 5.41 Å². The van der Waals surface area contributed by atoms with Gasteiger partial charge in [-0.1, -0.05) is 20.8 Å². The van der Waals surface area contributed by atoms with E-state index in [4.69, 9.17) is 5.11 Å². The van der Waals surface area contributed by atoms with Crippen molar-refractivity contribution in [1.29, 1.82) is 0 Å². The van der Waals surface area contributed by atoms with E-state index in [2.05, 4.69) is 32.6 Å². The molecule has 0 aliphatic carbocycles. The summed E-state index contributed by atoms with van der Waals surface area (Å²) < 4.78 is 0. The molecule has 4 heteroatoms. The fraction of sp³-hybridized carbons (Fsp3) is 0.615. The minimum atomic E-state index is -0.827. The highest BCUT2D eigenvalue weighted by Gasteiger charge is 2.25. The molecule has 1 atom stereocenters. The Morgan fingerprint density at radius 3 is 2.59 bits per heavy atom. The molecule has 0 amide bonds. The van der Waals surface area contributed by atoms with Gasteiger partial charge in [0.05, 0.1) is 0 Å². The van der Waals surface area contributed by atoms with Crippen LogP contribution in [0.25, 0.3) is 0 Å². The number of carbonyl (C=O) groups is 1. The predicted molar refractivity (Wildman–Crippen MR) is 71.7 cm³/mol. The molecule has 0 bridgehead atoms. The number of hydrogen-bond donors (Lipinski definition) is 1. The molecule has 1 unspecified atom stereocenters. The van der Waals surface area contributed by atoms with Crippen molar-refractivity contribution in [2.45, 2.75) is 40.3 Å².